The maximum absolute atomic E-state index is 12.7. The standard InChI is InChI=1S/C22H31N3O3/c1-15(2)20(26)23-19-9-7-17(8-10-19)22(28)25-13-11-16(12-14-25)21(27)24-18-5-3-4-6-18/h7-10,15-16,18H,3-6,11-14H2,1-2H3,(H,23,26)(H,24,27). The summed E-state index contributed by atoms with van der Waals surface area (Å²) < 4.78 is 0. The molecule has 0 bridgehead atoms. The first-order valence-corrected chi connectivity index (χ1v) is 10.4. The van der Waals surface area contributed by atoms with Crippen LogP contribution in [0.4, 0.5) is 5.69 Å². The van der Waals surface area contributed by atoms with Gasteiger partial charge in [-0.2, -0.15) is 0 Å². The molecule has 0 unspecified atom stereocenters. The predicted octanol–water partition coefficient (Wildman–Crippen LogP) is 3.19. The van der Waals surface area contributed by atoms with Crippen LogP contribution in [-0.2, 0) is 9.59 Å². The third-order valence-electron chi connectivity index (χ3n) is 5.78. The molecule has 152 valence electrons. The zero-order chi connectivity index (χ0) is 20.1. The summed E-state index contributed by atoms with van der Waals surface area (Å²) in [4.78, 5) is 38.7. The lowest BCUT2D eigenvalue weighted by atomic mass is 9.95. The summed E-state index contributed by atoms with van der Waals surface area (Å²) in [6.45, 7) is 4.89. The number of piperidine rings is 1. The Balaban J connectivity index is 1.49. The van der Waals surface area contributed by atoms with Crippen molar-refractivity contribution in [3.8, 4) is 0 Å². The van der Waals surface area contributed by atoms with E-state index >= 15 is 0 Å². The summed E-state index contributed by atoms with van der Waals surface area (Å²) in [5.41, 5.74) is 1.30. The molecule has 1 aromatic rings. The van der Waals surface area contributed by atoms with E-state index < -0.39 is 0 Å². The van der Waals surface area contributed by atoms with Gasteiger partial charge in [0.25, 0.3) is 5.91 Å². The quantitative estimate of drug-likeness (QED) is 0.817. The monoisotopic (exact) mass is 385 g/mol. The van der Waals surface area contributed by atoms with Crippen molar-refractivity contribution in [2.24, 2.45) is 11.8 Å². The number of rotatable bonds is 5. The van der Waals surface area contributed by atoms with E-state index in [0.717, 1.165) is 12.8 Å². The Morgan fingerprint density at radius 2 is 1.57 bits per heavy atom. The van der Waals surface area contributed by atoms with E-state index in [4.69, 9.17) is 0 Å². The third kappa shape index (κ3) is 5.12. The SMILES string of the molecule is CC(C)C(=O)Nc1ccc(C(=O)N2CCC(C(=O)NC3CCCC3)CC2)cc1. The van der Waals surface area contributed by atoms with Crippen LogP contribution < -0.4 is 10.6 Å². The maximum Gasteiger partial charge on any atom is 0.253 e. The van der Waals surface area contributed by atoms with Gasteiger partial charge in [0.05, 0.1) is 0 Å². The number of amides is 3. The van der Waals surface area contributed by atoms with Crippen LogP contribution in [0.1, 0.15) is 62.7 Å². The lowest BCUT2D eigenvalue weighted by molar-refractivity contribution is -0.127. The topological polar surface area (TPSA) is 78.5 Å². The zero-order valence-electron chi connectivity index (χ0n) is 16.9. The number of hydrogen-bond acceptors (Lipinski definition) is 3. The molecule has 1 saturated heterocycles. The van der Waals surface area contributed by atoms with Crippen molar-refractivity contribution in [1.29, 1.82) is 0 Å². The van der Waals surface area contributed by atoms with Gasteiger partial charge in [-0.25, -0.2) is 0 Å². The molecule has 0 radical (unpaired) electrons. The minimum absolute atomic E-state index is 0.0123. The number of likely N-dealkylation sites (tertiary alicyclic amines) is 1. The normalized spacial score (nSPS) is 18.3. The number of benzene rings is 1. The number of carbonyl (C=O) groups excluding carboxylic acids is 3. The lowest BCUT2D eigenvalue weighted by Crippen LogP contribution is -2.44. The van der Waals surface area contributed by atoms with Gasteiger partial charge in [-0.15, -0.1) is 0 Å². The zero-order valence-corrected chi connectivity index (χ0v) is 16.9. The molecule has 3 rings (SSSR count). The Labute approximate surface area is 167 Å². The first kappa shape index (κ1) is 20.4. The maximum atomic E-state index is 12.7. The number of hydrogen-bond donors (Lipinski definition) is 2. The van der Waals surface area contributed by atoms with E-state index in [0.29, 0.717) is 43.2 Å². The van der Waals surface area contributed by atoms with Crippen molar-refractivity contribution < 1.29 is 14.4 Å². The van der Waals surface area contributed by atoms with E-state index in [2.05, 4.69) is 10.6 Å². The van der Waals surface area contributed by atoms with E-state index in [9.17, 15) is 14.4 Å². The van der Waals surface area contributed by atoms with Crippen molar-refractivity contribution in [3.63, 3.8) is 0 Å². The van der Waals surface area contributed by atoms with Crippen LogP contribution in [-0.4, -0.2) is 41.8 Å². The summed E-state index contributed by atoms with van der Waals surface area (Å²) in [5.74, 6) is 0.0180. The predicted molar refractivity (Wildman–Crippen MR) is 109 cm³/mol. The van der Waals surface area contributed by atoms with E-state index in [1.54, 1.807) is 24.3 Å². The van der Waals surface area contributed by atoms with Gasteiger partial charge in [0.1, 0.15) is 0 Å². The van der Waals surface area contributed by atoms with Gasteiger partial charge in [-0.3, -0.25) is 14.4 Å². The number of nitrogens with one attached hydrogen (secondary N) is 2. The van der Waals surface area contributed by atoms with Crippen LogP contribution in [0.25, 0.3) is 0 Å². The molecular weight excluding hydrogens is 354 g/mol. The molecule has 1 aliphatic carbocycles. The molecule has 2 aliphatic rings. The van der Waals surface area contributed by atoms with Crippen LogP contribution in [0.2, 0.25) is 0 Å². The van der Waals surface area contributed by atoms with Crippen molar-refractivity contribution >= 4 is 23.4 Å². The Hall–Kier alpha value is -2.37. The van der Waals surface area contributed by atoms with Gasteiger partial charge in [-0.05, 0) is 49.9 Å². The third-order valence-corrected chi connectivity index (χ3v) is 5.78. The highest BCUT2D eigenvalue weighted by atomic mass is 16.2. The van der Waals surface area contributed by atoms with Crippen LogP contribution >= 0.6 is 0 Å². The fourth-order valence-corrected chi connectivity index (χ4v) is 3.90. The number of nitrogens with zero attached hydrogens (tertiary/aromatic N) is 1. The van der Waals surface area contributed by atoms with Crippen molar-refractivity contribution in [3.05, 3.63) is 29.8 Å². The minimum atomic E-state index is -0.0894. The van der Waals surface area contributed by atoms with Gasteiger partial charge in [-0.1, -0.05) is 26.7 Å². The van der Waals surface area contributed by atoms with Crippen LogP contribution in [0.5, 0.6) is 0 Å². The molecule has 1 saturated carbocycles. The highest BCUT2D eigenvalue weighted by Crippen LogP contribution is 2.23. The highest BCUT2D eigenvalue weighted by molar-refractivity contribution is 5.96. The molecule has 0 spiro atoms. The van der Waals surface area contributed by atoms with Gasteiger partial charge in [0, 0.05) is 42.2 Å². The van der Waals surface area contributed by atoms with Crippen molar-refractivity contribution in [2.75, 3.05) is 18.4 Å². The van der Waals surface area contributed by atoms with Crippen molar-refractivity contribution in [1.82, 2.24) is 10.2 Å². The Kier molecular flexibility index (Phi) is 6.70. The van der Waals surface area contributed by atoms with Gasteiger partial charge in [0.2, 0.25) is 11.8 Å². The van der Waals surface area contributed by atoms with Gasteiger partial charge >= 0.3 is 0 Å². The summed E-state index contributed by atoms with van der Waals surface area (Å²) in [6.07, 6.45) is 6.03. The summed E-state index contributed by atoms with van der Waals surface area (Å²) >= 11 is 0. The highest BCUT2D eigenvalue weighted by Gasteiger charge is 2.29. The summed E-state index contributed by atoms with van der Waals surface area (Å²) in [7, 11) is 0. The fraction of sp³-hybridized carbons (Fsp3) is 0.591. The number of carbonyl (C=O) groups is 3. The number of anilines is 1. The van der Waals surface area contributed by atoms with E-state index in [-0.39, 0.29) is 29.6 Å². The summed E-state index contributed by atoms with van der Waals surface area (Å²) in [6, 6.07) is 7.36. The molecule has 6 nitrogen and oxygen atoms in total. The largest absolute Gasteiger partial charge is 0.353 e. The van der Waals surface area contributed by atoms with Gasteiger partial charge < -0.3 is 15.5 Å². The lowest BCUT2D eigenvalue weighted by Gasteiger charge is -2.32. The molecule has 2 fully saturated rings. The first-order chi connectivity index (χ1) is 13.4. The van der Waals surface area contributed by atoms with E-state index in [1.165, 1.54) is 12.8 Å². The molecule has 3 amide bonds. The van der Waals surface area contributed by atoms with Crippen LogP contribution in [0.3, 0.4) is 0 Å². The Bertz CT molecular complexity index is 700. The van der Waals surface area contributed by atoms with Crippen molar-refractivity contribution in [2.45, 2.75) is 58.4 Å². The molecule has 0 aromatic heterocycles. The van der Waals surface area contributed by atoms with Gasteiger partial charge in [0.15, 0.2) is 0 Å². The van der Waals surface area contributed by atoms with Crippen LogP contribution in [0.15, 0.2) is 24.3 Å². The average Bonchev–Trinajstić information content (AvgIpc) is 3.21. The molecular formula is C22H31N3O3. The molecule has 1 aliphatic heterocycles. The second kappa shape index (κ2) is 9.22. The molecule has 0 atom stereocenters. The minimum Gasteiger partial charge on any atom is -0.353 e. The Morgan fingerprint density at radius 3 is 2.14 bits per heavy atom. The molecule has 28 heavy (non-hydrogen) atoms. The second-order valence-electron chi connectivity index (χ2n) is 8.28. The fourth-order valence-electron chi connectivity index (χ4n) is 3.90. The first-order valence-electron chi connectivity index (χ1n) is 10.4. The molecule has 1 heterocycles. The Morgan fingerprint density at radius 1 is 0.964 bits per heavy atom. The molecule has 6 heteroatoms. The average molecular weight is 386 g/mol. The van der Waals surface area contributed by atoms with Crippen LogP contribution in [0, 0.1) is 11.8 Å². The smallest absolute Gasteiger partial charge is 0.253 e. The molecule has 1 aromatic carbocycles. The second-order valence-corrected chi connectivity index (χ2v) is 8.28. The molecule has 2 N–H and O–H groups in total. The summed E-state index contributed by atoms with van der Waals surface area (Å²) in [5, 5.41) is 6.00. The van der Waals surface area contributed by atoms with E-state index in [1.807, 2.05) is 18.7 Å².